The van der Waals surface area contributed by atoms with Crippen LogP contribution in [0.4, 0.5) is 0 Å². The number of ether oxygens (including phenoxy) is 1. The fourth-order valence-corrected chi connectivity index (χ4v) is 2.34. The van der Waals surface area contributed by atoms with Gasteiger partial charge in [-0.3, -0.25) is 4.79 Å². The van der Waals surface area contributed by atoms with Gasteiger partial charge in [-0.1, -0.05) is 60.7 Å². The van der Waals surface area contributed by atoms with Gasteiger partial charge in [0.05, 0.1) is 6.10 Å². The van der Waals surface area contributed by atoms with Crippen molar-refractivity contribution in [2.24, 2.45) is 0 Å². The molecule has 2 heteroatoms. The van der Waals surface area contributed by atoms with Crippen molar-refractivity contribution in [2.45, 2.75) is 25.0 Å². The first kappa shape index (κ1) is 12.1. The Bertz CT molecular complexity index is 548. The lowest BCUT2D eigenvalue weighted by Gasteiger charge is -1.99. The smallest absolute Gasteiger partial charge is 0.162 e. The van der Waals surface area contributed by atoms with Crippen LogP contribution in [-0.4, -0.2) is 11.9 Å². The molecule has 0 saturated carbocycles. The third-order valence-electron chi connectivity index (χ3n) is 3.46. The van der Waals surface area contributed by atoms with Crippen molar-refractivity contribution >= 4 is 5.78 Å². The molecule has 0 aliphatic carbocycles. The standard InChI is InChI=1S/C17H16O2/c18-15(13-7-3-1-4-8-13)11-12-16-17(19-16)14-9-5-2-6-10-14/h1-10,16-17H,11-12H2/t16-,17-/m0/s1. The van der Waals surface area contributed by atoms with E-state index in [0.717, 1.165) is 12.0 Å². The third-order valence-corrected chi connectivity index (χ3v) is 3.46. The Morgan fingerprint density at radius 1 is 0.947 bits per heavy atom. The molecule has 1 aliphatic rings. The molecule has 0 amide bonds. The summed E-state index contributed by atoms with van der Waals surface area (Å²) in [6, 6.07) is 19.6. The maximum Gasteiger partial charge on any atom is 0.162 e. The van der Waals surface area contributed by atoms with Crippen LogP contribution in [0.5, 0.6) is 0 Å². The fourth-order valence-electron chi connectivity index (χ4n) is 2.34. The van der Waals surface area contributed by atoms with Gasteiger partial charge in [0.1, 0.15) is 6.10 Å². The van der Waals surface area contributed by atoms with Crippen molar-refractivity contribution in [3.63, 3.8) is 0 Å². The lowest BCUT2D eigenvalue weighted by molar-refractivity contribution is 0.0976. The summed E-state index contributed by atoms with van der Waals surface area (Å²) in [5.74, 6) is 0.197. The van der Waals surface area contributed by atoms with Crippen LogP contribution in [0.25, 0.3) is 0 Å². The summed E-state index contributed by atoms with van der Waals surface area (Å²) in [7, 11) is 0. The summed E-state index contributed by atoms with van der Waals surface area (Å²) in [6.45, 7) is 0. The van der Waals surface area contributed by atoms with E-state index in [4.69, 9.17) is 4.74 Å². The second-order valence-corrected chi connectivity index (χ2v) is 4.83. The summed E-state index contributed by atoms with van der Waals surface area (Å²) in [5, 5.41) is 0. The molecule has 0 spiro atoms. The van der Waals surface area contributed by atoms with E-state index in [0.29, 0.717) is 6.42 Å². The third kappa shape index (κ3) is 2.91. The average molecular weight is 252 g/mol. The van der Waals surface area contributed by atoms with E-state index in [9.17, 15) is 4.79 Å². The van der Waals surface area contributed by atoms with Crippen LogP contribution in [-0.2, 0) is 4.74 Å². The van der Waals surface area contributed by atoms with Gasteiger partial charge in [-0.15, -0.1) is 0 Å². The van der Waals surface area contributed by atoms with E-state index < -0.39 is 0 Å². The quantitative estimate of drug-likeness (QED) is 0.598. The van der Waals surface area contributed by atoms with Crippen molar-refractivity contribution in [3.8, 4) is 0 Å². The van der Waals surface area contributed by atoms with Gasteiger partial charge in [-0.05, 0) is 12.0 Å². The van der Waals surface area contributed by atoms with Gasteiger partial charge >= 0.3 is 0 Å². The number of carbonyl (C=O) groups excluding carboxylic acids is 1. The summed E-state index contributed by atoms with van der Waals surface area (Å²) >= 11 is 0. The molecule has 2 aromatic rings. The first-order valence-electron chi connectivity index (χ1n) is 6.63. The zero-order valence-electron chi connectivity index (χ0n) is 10.7. The van der Waals surface area contributed by atoms with Gasteiger partial charge in [-0.2, -0.15) is 0 Å². The Kier molecular flexibility index (Phi) is 3.43. The zero-order valence-corrected chi connectivity index (χ0v) is 10.7. The number of hydrogen-bond acceptors (Lipinski definition) is 2. The van der Waals surface area contributed by atoms with E-state index in [1.165, 1.54) is 5.56 Å². The minimum absolute atomic E-state index is 0.185. The molecule has 0 aromatic heterocycles. The molecule has 2 aromatic carbocycles. The molecule has 96 valence electrons. The zero-order chi connectivity index (χ0) is 13.1. The Hall–Kier alpha value is -1.93. The highest BCUT2D eigenvalue weighted by Gasteiger charge is 2.39. The van der Waals surface area contributed by atoms with E-state index in [1.807, 2.05) is 48.5 Å². The molecular weight excluding hydrogens is 236 g/mol. The second-order valence-electron chi connectivity index (χ2n) is 4.83. The topological polar surface area (TPSA) is 29.6 Å². The maximum atomic E-state index is 12.0. The van der Waals surface area contributed by atoms with E-state index in [-0.39, 0.29) is 18.0 Å². The first-order valence-corrected chi connectivity index (χ1v) is 6.63. The lowest BCUT2D eigenvalue weighted by Crippen LogP contribution is -2.01. The number of benzene rings is 2. The van der Waals surface area contributed by atoms with Crippen LogP contribution in [0.1, 0.15) is 34.9 Å². The molecule has 19 heavy (non-hydrogen) atoms. The molecule has 1 fully saturated rings. The van der Waals surface area contributed by atoms with Gasteiger partial charge in [0.2, 0.25) is 0 Å². The van der Waals surface area contributed by atoms with Crippen molar-refractivity contribution in [2.75, 3.05) is 0 Å². The van der Waals surface area contributed by atoms with Gasteiger partial charge in [0.25, 0.3) is 0 Å². The van der Waals surface area contributed by atoms with Crippen molar-refractivity contribution in [1.29, 1.82) is 0 Å². The molecule has 0 unspecified atom stereocenters. The molecule has 1 aliphatic heterocycles. The second kappa shape index (κ2) is 5.37. The van der Waals surface area contributed by atoms with E-state index >= 15 is 0 Å². The number of carbonyl (C=O) groups is 1. The Labute approximate surface area is 113 Å². The van der Waals surface area contributed by atoms with Crippen LogP contribution in [0.15, 0.2) is 60.7 Å². The van der Waals surface area contributed by atoms with Crippen molar-refractivity contribution in [1.82, 2.24) is 0 Å². The van der Waals surface area contributed by atoms with Gasteiger partial charge < -0.3 is 4.74 Å². The highest BCUT2D eigenvalue weighted by molar-refractivity contribution is 5.95. The Morgan fingerprint density at radius 2 is 1.58 bits per heavy atom. The minimum atomic E-state index is 0.185. The summed E-state index contributed by atoms with van der Waals surface area (Å²) < 4.78 is 5.64. The fraction of sp³-hybridized carbons (Fsp3) is 0.235. The number of ketones is 1. The molecule has 2 atom stereocenters. The number of hydrogen-bond donors (Lipinski definition) is 0. The van der Waals surface area contributed by atoms with Crippen LogP contribution < -0.4 is 0 Å². The summed E-state index contributed by atoms with van der Waals surface area (Å²) in [4.78, 5) is 12.0. The number of rotatable bonds is 5. The number of epoxide rings is 1. The largest absolute Gasteiger partial charge is 0.364 e. The van der Waals surface area contributed by atoms with Crippen molar-refractivity contribution in [3.05, 3.63) is 71.8 Å². The molecule has 0 bridgehead atoms. The lowest BCUT2D eigenvalue weighted by atomic mass is 10.0. The van der Waals surface area contributed by atoms with Gasteiger partial charge in [0, 0.05) is 12.0 Å². The molecule has 3 rings (SSSR count). The monoisotopic (exact) mass is 252 g/mol. The molecule has 1 heterocycles. The van der Waals surface area contributed by atoms with Crippen LogP contribution in [0, 0.1) is 0 Å². The predicted octanol–water partition coefficient (Wildman–Crippen LogP) is 3.79. The molecule has 0 radical (unpaired) electrons. The number of Topliss-reactive ketones (excluding diaryl/α,β-unsaturated/α-hetero) is 1. The molecule has 0 N–H and O–H groups in total. The molecular formula is C17H16O2. The highest BCUT2D eigenvalue weighted by atomic mass is 16.6. The normalized spacial score (nSPS) is 21.1. The van der Waals surface area contributed by atoms with Crippen molar-refractivity contribution < 1.29 is 9.53 Å². The van der Waals surface area contributed by atoms with E-state index in [2.05, 4.69) is 12.1 Å². The maximum absolute atomic E-state index is 12.0. The minimum Gasteiger partial charge on any atom is -0.364 e. The van der Waals surface area contributed by atoms with Crippen LogP contribution in [0.3, 0.4) is 0 Å². The average Bonchev–Trinajstić information content (AvgIpc) is 3.26. The summed E-state index contributed by atoms with van der Waals surface area (Å²) in [6.07, 6.45) is 1.74. The Morgan fingerprint density at radius 3 is 2.26 bits per heavy atom. The van der Waals surface area contributed by atoms with Crippen LogP contribution >= 0.6 is 0 Å². The highest BCUT2D eigenvalue weighted by Crippen LogP contribution is 2.41. The van der Waals surface area contributed by atoms with Gasteiger partial charge in [-0.25, -0.2) is 0 Å². The Balaban J connectivity index is 1.51. The predicted molar refractivity (Wildman–Crippen MR) is 74.1 cm³/mol. The first-order chi connectivity index (χ1) is 9.34. The van der Waals surface area contributed by atoms with E-state index in [1.54, 1.807) is 0 Å². The van der Waals surface area contributed by atoms with Gasteiger partial charge in [0.15, 0.2) is 5.78 Å². The SMILES string of the molecule is O=C(CC[C@@H]1O[C@H]1c1ccccc1)c1ccccc1. The molecule has 2 nitrogen and oxygen atoms in total. The molecule has 1 saturated heterocycles. The van der Waals surface area contributed by atoms with Crippen LogP contribution in [0.2, 0.25) is 0 Å². The summed E-state index contributed by atoms with van der Waals surface area (Å²) in [5.41, 5.74) is 2.00.